The van der Waals surface area contributed by atoms with E-state index in [1.54, 1.807) is 68.4 Å². The molecule has 42 heavy (non-hydrogen) atoms. The maximum absolute atomic E-state index is 15.9. The third kappa shape index (κ3) is 5.27. The van der Waals surface area contributed by atoms with Crippen LogP contribution in [-0.4, -0.2) is 42.1 Å². The first-order valence-corrected chi connectivity index (χ1v) is 14.4. The van der Waals surface area contributed by atoms with Crippen LogP contribution in [0.15, 0.2) is 60.7 Å². The minimum Gasteiger partial charge on any atom is -0.491 e. The number of ketones is 1. The summed E-state index contributed by atoms with van der Waals surface area (Å²) in [6, 6.07) is 17.1. The van der Waals surface area contributed by atoms with Crippen LogP contribution in [-0.2, 0) is 21.4 Å². The van der Waals surface area contributed by atoms with Crippen molar-refractivity contribution in [2.45, 2.75) is 50.1 Å². The number of carbonyl (C=O) groups is 2. The highest BCUT2D eigenvalue weighted by Gasteiger charge is 2.66. The van der Waals surface area contributed by atoms with E-state index < -0.39 is 40.6 Å². The standard InChI is InChI=1S/C32H30Cl2FN3O4/c1-31(2,17-36)16-26-32(22-11-8-19(33)15-24(22)37-30(32)41)27(21-4-3-5-23(34)28(21)35)29(38-26)25(40)14-18-6-9-20(10-7-18)42-13-12-39/h3-11,15,26-27,29,38-39H,12-14,16H2,1-2H3,(H,37,41)/t26-,27-,29-,32+/m0/s1. The second-order valence-corrected chi connectivity index (χ2v) is 12.2. The molecule has 2 heterocycles. The van der Waals surface area contributed by atoms with Crippen molar-refractivity contribution in [3.8, 4) is 11.8 Å². The van der Waals surface area contributed by atoms with E-state index in [4.69, 9.17) is 33.0 Å². The van der Waals surface area contributed by atoms with E-state index in [-0.39, 0.29) is 42.4 Å². The SMILES string of the molecule is CC(C)(C#N)C[C@@H]1N[C@@H](C(=O)Cc2ccc(OCCO)cc2)[C@H](c2cccc(Cl)c2F)[C@]12C(=O)Nc1cc(Cl)ccc12. The highest BCUT2D eigenvalue weighted by atomic mass is 35.5. The van der Waals surface area contributed by atoms with Crippen molar-refractivity contribution in [3.63, 3.8) is 0 Å². The molecule has 4 atom stereocenters. The zero-order valence-corrected chi connectivity index (χ0v) is 24.6. The molecule has 0 aromatic heterocycles. The number of aliphatic hydroxyl groups excluding tert-OH is 1. The van der Waals surface area contributed by atoms with Crippen LogP contribution in [0.25, 0.3) is 0 Å². The van der Waals surface area contributed by atoms with Gasteiger partial charge in [0.1, 0.15) is 23.6 Å². The van der Waals surface area contributed by atoms with E-state index in [2.05, 4.69) is 16.7 Å². The van der Waals surface area contributed by atoms with Crippen LogP contribution >= 0.6 is 23.2 Å². The monoisotopic (exact) mass is 609 g/mol. The number of Topliss-reactive ketones (excluding diaryl/α,β-unsaturated/α-hetero) is 1. The number of anilines is 1. The van der Waals surface area contributed by atoms with E-state index >= 15 is 4.39 Å². The highest BCUT2D eigenvalue weighted by molar-refractivity contribution is 6.31. The van der Waals surface area contributed by atoms with Gasteiger partial charge in [0.2, 0.25) is 5.91 Å². The molecule has 0 bridgehead atoms. The molecular weight excluding hydrogens is 580 g/mol. The first-order chi connectivity index (χ1) is 20.0. The quantitative estimate of drug-likeness (QED) is 0.292. The van der Waals surface area contributed by atoms with E-state index in [9.17, 15) is 14.9 Å². The van der Waals surface area contributed by atoms with Crippen LogP contribution in [0.3, 0.4) is 0 Å². The number of amides is 1. The van der Waals surface area contributed by atoms with Gasteiger partial charge in [-0.1, -0.05) is 53.5 Å². The number of ether oxygens (including phenoxy) is 1. The van der Waals surface area contributed by atoms with Crippen LogP contribution in [0.2, 0.25) is 10.0 Å². The van der Waals surface area contributed by atoms with Crippen molar-refractivity contribution >= 4 is 40.6 Å². The van der Waals surface area contributed by atoms with Crippen molar-refractivity contribution in [2.24, 2.45) is 5.41 Å². The molecule has 1 saturated heterocycles. The molecule has 0 saturated carbocycles. The van der Waals surface area contributed by atoms with Gasteiger partial charge in [-0.05, 0) is 67.3 Å². The lowest BCUT2D eigenvalue weighted by Crippen LogP contribution is -2.50. The lowest BCUT2D eigenvalue weighted by atomic mass is 9.62. The Bertz CT molecular complexity index is 1570. The van der Waals surface area contributed by atoms with Gasteiger partial charge in [-0.3, -0.25) is 9.59 Å². The average molecular weight is 611 g/mol. The molecule has 2 aliphatic rings. The number of rotatable bonds is 9. The van der Waals surface area contributed by atoms with E-state index in [1.807, 2.05) is 0 Å². The lowest BCUT2D eigenvalue weighted by molar-refractivity contribution is -0.122. The van der Waals surface area contributed by atoms with Crippen LogP contribution in [0.1, 0.15) is 42.9 Å². The van der Waals surface area contributed by atoms with E-state index in [1.165, 1.54) is 6.07 Å². The summed E-state index contributed by atoms with van der Waals surface area (Å²) in [6.45, 7) is 3.56. The number of nitrogens with one attached hydrogen (secondary N) is 2. The number of nitrogens with zero attached hydrogens (tertiary/aromatic N) is 1. The Kier molecular flexibility index (Phi) is 8.32. The first-order valence-electron chi connectivity index (χ1n) is 13.6. The highest BCUT2D eigenvalue weighted by Crippen LogP contribution is 2.57. The van der Waals surface area contributed by atoms with Crippen LogP contribution < -0.4 is 15.4 Å². The van der Waals surface area contributed by atoms with Gasteiger partial charge in [0.25, 0.3) is 0 Å². The number of hydrogen-bond acceptors (Lipinski definition) is 6. The summed E-state index contributed by atoms with van der Waals surface area (Å²) < 4.78 is 21.3. The Balaban J connectivity index is 1.65. The number of aliphatic hydroxyl groups is 1. The minimum absolute atomic E-state index is 0.00380. The van der Waals surface area contributed by atoms with Crippen molar-refractivity contribution in [2.75, 3.05) is 18.5 Å². The zero-order chi connectivity index (χ0) is 30.2. The molecular formula is C32H30Cl2FN3O4. The van der Waals surface area contributed by atoms with Crippen molar-refractivity contribution in [1.29, 1.82) is 5.26 Å². The number of halogens is 3. The topological polar surface area (TPSA) is 111 Å². The third-order valence-electron chi connectivity index (χ3n) is 8.15. The largest absolute Gasteiger partial charge is 0.491 e. The van der Waals surface area contributed by atoms with Crippen LogP contribution in [0.4, 0.5) is 10.1 Å². The Morgan fingerprint density at radius 2 is 1.90 bits per heavy atom. The van der Waals surface area contributed by atoms with Gasteiger partial charge in [-0.25, -0.2) is 4.39 Å². The van der Waals surface area contributed by atoms with Gasteiger partial charge in [-0.2, -0.15) is 5.26 Å². The predicted molar refractivity (Wildman–Crippen MR) is 158 cm³/mol. The van der Waals surface area contributed by atoms with Crippen molar-refractivity contribution in [1.82, 2.24) is 5.32 Å². The summed E-state index contributed by atoms with van der Waals surface area (Å²) in [6.07, 6.45) is 0.203. The molecule has 10 heteroatoms. The van der Waals surface area contributed by atoms with Gasteiger partial charge in [0, 0.05) is 29.1 Å². The minimum atomic E-state index is -1.44. The number of carbonyl (C=O) groups excluding carboxylic acids is 2. The summed E-state index contributed by atoms with van der Waals surface area (Å²) in [7, 11) is 0. The molecule has 3 N–H and O–H groups in total. The average Bonchev–Trinajstić information content (AvgIpc) is 3.43. The summed E-state index contributed by atoms with van der Waals surface area (Å²) in [5.74, 6) is -1.80. The summed E-state index contributed by atoms with van der Waals surface area (Å²) in [4.78, 5) is 28.4. The van der Waals surface area contributed by atoms with Gasteiger partial charge >= 0.3 is 0 Å². The molecule has 3 aromatic rings. The predicted octanol–water partition coefficient (Wildman–Crippen LogP) is 5.57. The molecule has 218 valence electrons. The fourth-order valence-corrected chi connectivity index (χ4v) is 6.68. The number of nitriles is 1. The maximum atomic E-state index is 15.9. The van der Waals surface area contributed by atoms with Gasteiger partial charge in [0.15, 0.2) is 5.78 Å². The molecule has 1 amide bonds. The summed E-state index contributed by atoms with van der Waals surface area (Å²) >= 11 is 12.5. The molecule has 0 unspecified atom stereocenters. The molecule has 0 aliphatic carbocycles. The Labute approximate surface area is 253 Å². The normalized spacial score (nSPS) is 23.0. The Hall–Kier alpha value is -3.48. The number of hydrogen-bond donors (Lipinski definition) is 3. The Morgan fingerprint density at radius 3 is 2.60 bits per heavy atom. The van der Waals surface area contributed by atoms with Crippen molar-refractivity contribution < 1.29 is 23.8 Å². The van der Waals surface area contributed by atoms with E-state index in [0.717, 1.165) is 0 Å². The molecule has 7 nitrogen and oxygen atoms in total. The second kappa shape index (κ2) is 11.7. The smallest absolute Gasteiger partial charge is 0.237 e. The van der Waals surface area contributed by atoms with Gasteiger partial charge in [0.05, 0.1) is 29.2 Å². The van der Waals surface area contributed by atoms with Crippen LogP contribution in [0, 0.1) is 22.6 Å². The van der Waals surface area contributed by atoms with Crippen molar-refractivity contribution in [3.05, 3.63) is 93.2 Å². The summed E-state index contributed by atoms with van der Waals surface area (Å²) in [5, 5.41) is 25.5. The van der Waals surface area contributed by atoms with Gasteiger partial charge < -0.3 is 20.5 Å². The zero-order valence-electron chi connectivity index (χ0n) is 23.1. The van der Waals surface area contributed by atoms with E-state index in [0.29, 0.717) is 27.6 Å². The van der Waals surface area contributed by atoms with Gasteiger partial charge in [-0.15, -0.1) is 0 Å². The molecule has 0 radical (unpaired) electrons. The summed E-state index contributed by atoms with van der Waals surface area (Å²) in [5.41, 5.74) is -0.430. The molecule has 5 rings (SSSR count). The first kappa shape index (κ1) is 30.0. The second-order valence-electron chi connectivity index (χ2n) is 11.4. The number of fused-ring (bicyclic) bond motifs is 2. The molecule has 1 spiro atoms. The fourth-order valence-electron chi connectivity index (χ4n) is 6.33. The lowest BCUT2D eigenvalue weighted by Gasteiger charge is -2.37. The number of benzene rings is 3. The fraction of sp³-hybridized carbons (Fsp3) is 0.344. The molecule has 1 fully saturated rings. The Morgan fingerprint density at radius 1 is 1.17 bits per heavy atom. The van der Waals surface area contributed by atoms with Crippen LogP contribution in [0.5, 0.6) is 5.75 Å². The third-order valence-corrected chi connectivity index (χ3v) is 8.67. The molecule has 2 aliphatic heterocycles. The molecule has 3 aromatic carbocycles. The maximum Gasteiger partial charge on any atom is 0.237 e.